The summed E-state index contributed by atoms with van der Waals surface area (Å²) in [5.41, 5.74) is 3.50. The average molecular weight is 246 g/mol. The van der Waals surface area contributed by atoms with Gasteiger partial charge in [-0.15, -0.1) is 0 Å². The molecule has 1 fully saturated rings. The second kappa shape index (κ2) is 6.01. The molecule has 0 spiro atoms. The normalized spacial score (nSPS) is 15.8. The van der Waals surface area contributed by atoms with Crippen molar-refractivity contribution in [1.29, 1.82) is 0 Å². The molecule has 0 atom stereocenters. The summed E-state index contributed by atoms with van der Waals surface area (Å²) >= 11 is 0. The van der Waals surface area contributed by atoms with Crippen LogP contribution in [0, 0.1) is 0 Å². The first kappa shape index (κ1) is 13.1. The highest BCUT2D eigenvalue weighted by atomic mass is 16.2. The van der Waals surface area contributed by atoms with Crippen molar-refractivity contribution in [2.24, 2.45) is 0 Å². The Morgan fingerprint density at radius 3 is 2.44 bits per heavy atom. The number of hydrogen-bond donors (Lipinski definition) is 1. The summed E-state index contributed by atoms with van der Waals surface area (Å²) in [5, 5.41) is 3.27. The Labute approximate surface area is 109 Å². The standard InChI is InChI=1S/C15H22N2O/c1-3-12-5-6-14(11-13(12)4-2)15(18)17-9-7-16-8-10-17/h5-6,11,16H,3-4,7-10H2,1-2H3. The Morgan fingerprint density at radius 1 is 1.17 bits per heavy atom. The molecule has 1 aromatic rings. The van der Waals surface area contributed by atoms with Crippen molar-refractivity contribution < 1.29 is 4.79 Å². The van der Waals surface area contributed by atoms with Gasteiger partial charge >= 0.3 is 0 Å². The average Bonchev–Trinajstić information content (AvgIpc) is 2.46. The Kier molecular flexibility index (Phi) is 4.37. The molecule has 3 heteroatoms. The van der Waals surface area contributed by atoms with Gasteiger partial charge < -0.3 is 10.2 Å². The summed E-state index contributed by atoms with van der Waals surface area (Å²) in [6.45, 7) is 7.74. The molecule has 2 rings (SSSR count). The molecule has 0 bridgehead atoms. The number of benzene rings is 1. The third kappa shape index (κ3) is 2.72. The number of piperazine rings is 1. The van der Waals surface area contributed by atoms with Crippen molar-refractivity contribution in [3.8, 4) is 0 Å². The van der Waals surface area contributed by atoms with Crippen molar-refractivity contribution in [2.75, 3.05) is 26.2 Å². The minimum atomic E-state index is 0.175. The number of nitrogens with one attached hydrogen (secondary N) is 1. The van der Waals surface area contributed by atoms with Crippen LogP contribution in [0.15, 0.2) is 18.2 Å². The molecule has 0 radical (unpaired) electrons. The van der Waals surface area contributed by atoms with Crippen LogP contribution in [0.25, 0.3) is 0 Å². The van der Waals surface area contributed by atoms with Gasteiger partial charge in [-0.25, -0.2) is 0 Å². The van der Waals surface area contributed by atoms with Crippen molar-refractivity contribution in [1.82, 2.24) is 10.2 Å². The molecule has 0 aromatic heterocycles. The predicted octanol–water partition coefficient (Wildman–Crippen LogP) is 1.86. The number of hydrogen-bond acceptors (Lipinski definition) is 2. The number of rotatable bonds is 3. The Bertz CT molecular complexity index is 423. The highest BCUT2D eigenvalue weighted by Gasteiger charge is 2.18. The fourth-order valence-electron chi connectivity index (χ4n) is 2.48. The number of nitrogens with zero attached hydrogens (tertiary/aromatic N) is 1. The molecule has 1 saturated heterocycles. The van der Waals surface area contributed by atoms with Crippen molar-refractivity contribution in [3.05, 3.63) is 34.9 Å². The third-order valence-electron chi connectivity index (χ3n) is 3.62. The zero-order valence-corrected chi connectivity index (χ0v) is 11.3. The predicted molar refractivity (Wildman–Crippen MR) is 74.0 cm³/mol. The smallest absolute Gasteiger partial charge is 0.253 e. The van der Waals surface area contributed by atoms with Crippen LogP contribution < -0.4 is 5.32 Å². The van der Waals surface area contributed by atoms with Crippen LogP contribution in [0.2, 0.25) is 0 Å². The van der Waals surface area contributed by atoms with Gasteiger partial charge in [-0.3, -0.25) is 4.79 Å². The second-order valence-electron chi connectivity index (χ2n) is 4.73. The summed E-state index contributed by atoms with van der Waals surface area (Å²) < 4.78 is 0. The van der Waals surface area contributed by atoms with Gasteiger partial charge in [0.25, 0.3) is 5.91 Å². The molecular formula is C15H22N2O. The lowest BCUT2D eigenvalue weighted by atomic mass is 9.99. The summed E-state index contributed by atoms with van der Waals surface area (Å²) in [6, 6.07) is 6.15. The SMILES string of the molecule is CCc1ccc(C(=O)N2CCNCC2)cc1CC. The molecule has 3 nitrogen and oxygen atoms in total. The minimum absolute atomic E-state index is 0.175. The number of aryl methyl sites for hydroxylation is 2. The molecule has 18 heavy (non-hydrogen) atoms. The van der Waals surface area contributed by atoms with Crippen LogP contribution >= 0.6 is 0 Å². The fourth-order valence-corrected chi connectivity index (χ4v) is 2.48. The van der Waals surface area contributed by atoms with E-state index in [0.717, 1.165) is 44.6 Å². The van der Waals surface area contributed by atoms with Gasteiger partial charge in [0.1, 0.15) is 0 Å². The third-order valence-corrected chi connectivity index (χ3v) is 3.62. The van der Waals surface area contributed by atoms with Crippen molar-refractivity contribution in [2.45, 2.75) is 26.7 Å². The molecule has 1 aromatic carbocycles. The van der Waals surface area contributed by atoms with E-state index in [4.69, 9.17) is 0 Å². The first-order valence-electron chi connectivity index (χ1n) is 6.88. The van der Waals surface area contributed by atoms with Crippen LogP contribution in [0.3, 0.4) is 0 Å². The Balaban J connectivity index is 2.19. The summed E-state index contributed by atoms with van der Waals surface area (Å²) in [6.07, 6.45) is 2.02. The van der Waals surface area contributed by atoms with Gasteiger partial charge in [0.15, 0.2) is 0 Å². The lowest BCUT2D eigenvalue weighted by Gasteiger charge is -2.27. The molecule has 1 amide bonds. The Hall–Kier alpha value is -1.35. The van der Waals surface area contributed by atoms with E-state index in [0.29, 0.717) is 0 Å². The first-order chi connectivity index (χ1) is 8.76. The highest BCUT2D eigenvalue weighted by Crippen LogP contribution is 2.15. The van der Waals surface area contributed by atoms with E-state index in [1.165, 1.54) is 11.1 Å². The molecule has 0 unspecified atom stereocenters. The molecule has 0 aliphatic carbocycles. The van der Waals surface area contributed by atoms with E-state index in [-0.39, 0.29) is 5.91 Å². The van der Waals surface area contributed by atoms with Gasteiger partial charge in [-0.05, 0) is 36.1 Å². The van der Waals surface area contributed by atoms with Gasteiger partial charge in [0, 0.05) is 31.7 Å². The molecule has 98 valence electrons. The van der Waals surface area contributed by atoms with Gasteiger partial charge in [0.05, 0.1) is 0 Å². The molecular weight excluding hydrogens is 224 g/mol. The van der Waals surface area contributed by atoms with E-state index in [9.17, 15) is 4.79 Å². The van der Waals surface area contributed by atoms with Gasteiger partial charge in [0.2, 0.25) is 0 Å². The maximum Gasteiger partial charge on any atom is 0.253 e. The van der Waals surface area contributed by atoms with E-state index in [1.807, 2.05) is 11.0 Å². The van der Waals surface area contributed by atoms with Crippen LogP contribution in [-0.2, 0) is 12.8 Å². The van der Waals surface area contributed by atoms with Gasteiger partial charge in [-0.2, -0.15) is 0 Å². The number of carbonyl (C=O) groups excluding carboxylic acids is 1. The molecule has 1 N–H and O–H groups in total. The quantitative estimate of drug-likeness (QED) is 0.883. The van der Waals surface area contributed by atoms with Crippen molar-refractivity contribution >= 4 is 5.91 Å². The van der Waals surface area contributed by atoms with Gasteiger partial charge in [-0.1, -0.05) is 19.9 Å². The summed E-state index contributed by atoms with van der Waals surface area (Å²) in [5.74, 6) is 0.175. The highest BCUT2D eigenvalue weighted by molar-refractivity contribution is 5.94. The second-order valence-corrected chi connectivity index (χ2v) is 4.73. The van der Waals surface area contributed by atoms with Crippen molar-refractivity contribution in [3.63, 3.8) is 0 Å². The zero-order valence-electron chi connectivity index (χ0n) is 11.3. The maximum atomic E-state index is 12.4. The number of carbonyl (C=O) groups is 1. The summed E-state index contributed by atoms with van der Waals surface area (Å²) in [7, 11) is 0. The minimum Gasteiger partial charge on any atom is -0.336 e. The monoisotopic (exact) mass is 246 g/mol. The van der Waals surface area contributed by atoms with Crippen LogP contribution in [-0.4, -0.2) is 37.0 Å². The first-order valence-corrected chi connectivity index (χ1v) is 6.88. The Morgan fingerprint density at radius 2 is 1.83 bits per heavy atom. The molecule has 1 aliphatic heterocycles. The largest absolute Gasteiger partial charge is 0.336 e. The molecule has 1 aliphatic rings. The summed E-state index contributed by atoms with van der Waals surface area (Å²) in [4.78, 5) is 14.3. The lowest BCUT2D eigenvalue weighted by molar-refractivity contribution is 0.0735. The fraction of sp³-hybridized carbons (Fsp3) is 0.533. The van der Waals surface area contributed by atoms with E-state index in [1.54, 1.807) is 0 Å². The van der Waals surface area contributed by atoms with Crippen LogP contribution in [0.5, 0.6) is 0 Å². The van der Waals surface area contributed by atoms with E-state index < -0.39 is 0 Å². The van der Waals surface area contributed by atoms with E-state index in [2.05, 4.69) is 31.3 Å². The van der Waals surface area contributed by atoms with Crippen LogP contribution in [0.1, 0.15) is 35.3 Å². The molecule has 0 saturated carbocycles. The molecule has 1 heterocycles. The van der Waals surface area contributed by atoms with Crippen LogP contribution in [0.4, 0.5) is 0 Å². The lowest BCUT2D eigenvalue weighted by Crippen LogP contribution is -2.46. The topological polar surface area (TPSA) is 32.3 Å². The zero-order chi connectivity index (χ0) is 13.0. The van der Waals surface area contributed by atoms with E-state index >= 15 is 0 Å². The number of amides is 1. The maximum absolute atomic E-state index is 12.4.